The van der Waals surface area contributed by atoms with Gasteiger partial charge in [-0.2, -0.15) is 0 Å². The van der Waals surface area contributed by atoms with Crippen molar-refractivity contribution >= 4 is 11.7 Å². The Kier molecular flexibility index (Phi) is 4.63. The van der Waals surface area contributed by atoms with Crippen molar-refractivity contribution in [2.75, 3.05) is 32.2 Å². The number of aromatic carboxylic acids is 1. The number of benzene rings is 1. The molecule has 2 rings (SSSR count). The number of methoxy groups -OCH3 is 1. The van der Waals surface area contributed by atoms with Gasteiger partial charge in [-0.25, -0.2) is 4.79 Å². The third-order valence-electron chi connectivity index (χ3n) is 3.35. The highest BCUT2D eigenvalue weighted by atomic mass is 16.5. The fourth-order valence-electron chi connectivity index (χ4n) is 2.21. The summed E-state index contributed by atoms with van der Waals surface area (Å²) in [7, 11) is 1.56. The molecular weight excluding hydrogens is 246 g/mol. The van der Waals surface area contributed by atoms with Gasteiger partial charge >= 0.3 is 5.97 Å². The monoisotopic (exact) mass is 265 g/mol. The average molecular weight is 265 g/mol. The molecule has 0 bridgehead atoms. The third kappa shape index (κ3) is 3.61. The molecule has 0 saturated carbocycles. The summed E-state index contributed by atoms with van der Waals surface area (Å²) in [5, 5.41) is 12.3. The molecule has 0 spiro atoms. The van der Waals surface area contributed by atoms with Crippen LogP contribution in [0.3, 0.4) is 0 Å². The molecule has 1 unspecified atom stereocenters. The Balaban J connectivity index is 1.98. The van der Waals surface area contributed by atoms with Crippen LogP contribution < -0.4 is 10.1 Å². The maximum absolute atomic E-state index is 11.1. The number of carboxylic acids is 1. The zero-order valence-electron chi connectivity index (χ0n) is 11.0. The van der Waals surface area contributed by atoms with Gasteiger partial charge in [-0.3, -0.25) is 0 Å². The van der Waals surface area contributed by atoms with Gasteiger partial charge in [0.15, 0.2) is 0 Å². The summed E-state index contributed by atoms with van der Waals surface area (Å²) in [6.07, 6.45) is 2.07. The fourth-order valence-corrected chi connectivity index (χ4v) is 2.21. The fraction of sp³-hybridized carbons (Fsp3) is 0.500. The van der Waals surface area contributed by atoms with Gasteiger partial charge in [0.25, 0.3) is 0 Å². The van der Waals surface area contributed by atoms with Crippen LogP contribution in [0.2, 0.25) is 0 Å². The van der Waals surface area contributed by atoms with E-state index in [2.05, 4.69) is 5.32 Å². The quantitative estimate of drug-likeness (QED) is 0.825. The molecule has 0 radical (unpaired) electrons. The Morgan fingerprint density at radius 3 is 3.05 bits per heavy atom. The first-order valence-corrected chi connectivity index (χ1v) is 6.43. The van der Waals surface area contributed by atoms with E-state index in [0.29, 0.717) is 17.4 Å². The number of carboxylic acid groups (broad SMARTS) is 1. The molecule has 104 valence electrons. The Morgan fingerprint density at radius 2 is 2.42 bits per heavy atom. The van der Waals surface area contributed by atoms with E-state index in [4.69, 9.17) is 14.6 Å². The summed E-state index contributed by atoms with van der Waals surface area (Å²) in [6, 6.07) is 4.93. The van der Waals surface area contributed by atoms with Crippen LogP contribution in [0.5, 0.6) is 5.75 Å². The number of carbonyl (C=O) groups is 1. The van der Waals surface area contributed by atoms with E-state index >= 15 is 0 Å². The van der Waals surface area contributed by atoms with Crippen LogP contribution >= 0.6 is 0 Å². The van der Waals surface area contributed by atoms with Crippen molar-refractivity contribution in [1.82, 2.24) is 0 Å². The van der Waals surface area contributed by atoms with E-state index in [1.165, 1.54) is 0 Å². The number of hydrogen-bond acceptors (Lipinski definition) is 4. The summed E-state index contributed by atoms with van der Waals surface area (Å²) in [5.74, 6) is 0.289. The van der Waals surface area contributed by atoms with E-state index in [1.54, 1.807) is 25.3 Å². The molecule has 19 heavy (non-hydrogen) atoms. The van der Waals surface area contributed by atoms with Gasteiger partial charge in [0.2, 0.25) is 0 Å². The average Bonchev–Trinajstić information content (AvgIpc) is 2.91. The predicted molar refractivity (Wildman–Crippen MR) is 72.0 cm³/mol. The van der Waals surface area contributed by atoms with Gasteiger partial charge < -0.3 is 19.9 Å². The van der Waals surface area contributed by atoms with E-state index in [1.807, 2.05) is 0 Å². The van der Waals surface area contributed by atoms with Gasteiger partial charge in [0.1, 0.15) is 5.75 Å². The van der Waals surface area contributed by atoms with Crippen LogP contribution in [0.25, 0.3) is 0 Å². The highest BCUT2D eigenvalue weighted by Crippen LogP contribution is 2.23. The Labute approximate surface area is 112 Å². The zero-order chi connectivity index (χ0) is 13.7. The van der Waals surface area contributed by atoms with E-state index in [0.717, 1.165) is 32.6 Å². The van der Waals surface area contributed by atoms with Gasteiger partial charge in [-0.1, -0.05) is 0 Å². The van der Waals surface area contributed by atoms with E-state index < -0.39 is 5.97 Å². The Bertz CT molecular complexity index is 441. The maximum Gasteiger partial charge on any atom is 0.337 e. The van der Waals surface area contributed by atoms with Gasteiger partial charge in [-0.05, 0) is 30.9 Å². The van der Waals surface area contributed by atoms with Crippen LogP contribution in [0.15, 0.2) is 18.2 Å². The molecule has 1 fully saturated rings. The normalized spacial score (nSPS) is 18.3. The lowest BCUT2D eigenvalue weighted by molar-refractivity contribution is 0.0698. The Hall–Kier alpha value is -1.75. The lowest BCUT2D eigenvalue weighted by atomic mass is 10.1. The number of rotatable bonds is 6. The maximum atomic E-state index is 11.1. The first-order chi connectivity index (χ1) is 9.20. The topological polar surface area (TPSA) is 67.8 Å². The minimum absolute atomic E-state index is 0.267. The van der Waals surface area contributed by atoms with Crippen LogP contribution in [-0.4, -0.2) is 37.9 Å². The first-order valence-electron chi connectivity index (χ1n) is 6.43. The molecule has 2 N–H and O–H groups in total. The summed E-state index contributed by atoms with van der Waals surface area (Å²) in [5.41, 5.74) is 0.870. The minimum atomic E-state index is -0.936. The third-order valence-corrected chi connectivity index (χ3v) is 3.35. The van der Waals surface area contributed by atoms with Gasteiger partial charge in [-0.15, -0.1) is 0 Å². The largest absolute Gasteiger partial charge is 0.497 e. The summed E-state index contributed by atoms with van der Waals surface area (Å²) in [6.45, 7) is 2.39. The number of anilines is 1. The van der Waals surface area contributed by atoms with Crippen LogP contribution in [-0.2, 0) is 4.74 Å². The molecule has 5 nitrogen and oxygen atoms in total. The van der Waals surface area contributed by atoms with Crippen molar-refractivity contribution in [2.24, 2.45) is 5.92 Å². The van der Waals surface area contributed by atoms with Crippen LogP contribution in [0.1, 0.15) is 23.2 Å². The van der Waals surface area contributed by atoms with Crippen LogP contribution in [0, 0.1) is 5.92 Å². The molecule has 1 atom stereocenters. The lowest BCUT2D eigenvalue weighted by Gasteiger charge is -2.13. The molecule has 1 saturated heterocycles. The molecule has 0 aromatic heterocycles. The second kappa shape index (κ2) is 6.43. The van der Waals surface area contributed by atoms with Crippen molar-refractivity contribution in [2.45, 2.75) is 12.8 Å². The number of ether oxygens (including phenoxy) is 2. The van der Waals surface area contributed by atoms with Crippen molar-refractivity contribution in [1.29, 1.82) is 0 Å². The molecule has 1 aromatic rings. The van der Waals surface area contributed by atoms with Crippen molar-refractivity contribution in [3.05, 3.63) is 23.8 Å². The Morgan fingerprint density at radius 1 is 1.58 bits per heavy atom. The van der Waals surface area contributed by atoms with E-state index in [9.17, 15) is 4.79 Å². The van der Waals surface area contributed by atoms with Gasteiger partial charge in [0, 0.05) is 25.8 Å². The van der Waals surface area contributed by atoms with Gasteiger partial charge in [0.05, 0.1) is 18.4 Å². The second-order valence-corrected chi connectivity index (χ2v) is 4.66. The highest BCUT2D eigenvalue weighted by molar-refractivity contribution is 5.94. The highest BCUT2D eigenvalue weighted by Gasteiger charge is 2.16. The van der Waals surface area contributed by atoms with E-state index in [-0.39, 0.29) is 5.56 Å². The summed E-state index contributed by atoms with van der Waals surface area (Å²) >= 11 is 0. The van der Waals surface area contributed by atoms with Crippen molar-refractivity contribution in [3.8, 4) is 5.75 Å². The molecule has 5 heteroatoms. The van der Waals surface area contributed by atoms with Crippen molar-refractivity contribution in [3.63, 3.8) is 0 Å². The van der Waals surface area contributed by atoms with Crippen LogP contribution in [0.4, 0.5) is 5.69 Å². The molecule has 0 amide bonds. The van der Waals surface area contributed by atoms with Crippen molar-refractivity contribution < 1.29 is 19.4 Å². The standard InChI is InChI=1S/C14H19NO4/c1-18-11-2-3-12(14(16)17)13(8-11)15-6-4-10-5-7-19-9-10/h2-3,8,10,15H,4-7,9H2,1H3,(H,16,17). The summed E-state index contributed by atoms with van der Waals surface area (Å²) in [4.78, 5) is 11.1. The smallest absolute Gasteiger partial charge is 0.337 e. The second-order valence-electron chi connectivity index (χ2n) is 4.66. The molecule has 1 aromatic carbocycles. The zero-order valence-corrected chi connectivity index (χ0v) is 11.0. The molecule has 1 heterocycles. The first kappa shape index (κ1) is 13.7. The molecule has 0 aliphatic carbocycles. The molecule has 1 aliphatic rings. The lowest BCUT2D eigenvalue weighted by Crippen LogP contribution is -2.11. The molecular formula is C14H19NO4. The number of nitrogens with one attached hydrogen (secondary N) is 1. The number of hydrogen-bond donors (Lipinski definition) is 2. The summed E-state index contributed by atoms with van der Waals surface area (Å²) < 4.78 is 10.4. The predicted octanol–water partition coefficient (Wildman–Crippen LogP) is 2.23. The SMILES string of the molecule is COc1ccc(C(=O)O)c(NCCC2CCOC2)c1. The minimum Gasteiger partial charge on any atom is -0.497 e. The molecule has 1 aliphatic heterocycles.